The number of allylic oxidation sites excluding steroid dienone is 4. The number of benzene rings is 11. The van der Waals surface area contributed by atoms with Crippen molar-refractivity contribution in [2.75, 3.05) is 4.90 Å². The van der Waals surface area contributed by atoms with Crippen LogP contribution in [0, 0.1) is 0 Å². The minimum absolute atomic E-state index is 1.03. The van der Waals surface area contributed by atoms with Crippen LogP contribution in [0.4, 0.5) is 17.1 Å². The first-order valence-corrected chi connectivity index (χ1v) is 23.0. The summed E-state index contributed by atoms with van der Waals surface area (Å²) in [4.78, 5) is 2.42. The minimum atomic E-state index is 1.03. The van der Waals surface area contributed by atoms with E-state index in [1.807, 2.05) is 0 Å². The average molecular weight is 822 g/mol. The highest BCUT2D eigenvalue weighted by Crippen LogP contribution is 2.56. The molecule has 1 nitrogen and oxygen atoms in total. The summed E-state index contributed by atoms with van der Waals surface area (Å²) in [5, 5.41) is 21.2. The molecule has 0 aromatic heterocycles. The second-order valence-corrected chi connectivity index (χ2v) is 18.1. The molecule has 0 unspecified atom stereocenters. The van der Waals surface area contributed by atoms with Crippen LogP contribution in [-0.2, 0) is 0 Å². The molecule has 0 saturated heterocycles. The van der Waals surface area contributed by atoms with Crippen LogP contribution in [0.5, 0.6) is 0 Å². The Balaban J connectivity index is 1.10. The number of hydrogen-bond acceptors (Lipinski definition) is 1. The van der Waals surface area contributed by atoms with Crippen molar-refractivity contribution in [1.29, 1.82) is 0 Å². The van der Waals surface area contributed by atoms with Gasteiger partial charge in [0, 0.05) is 16.8 Å². The van der Waals surface area contributed by atoms with E-state index in [0.717, 1.165) is 24.2 Å². The molecule has 0 heterocycles. The quantitative estimate of drug-likeness (QED) is 0.167. The van der Waals surface area contributed by atoms with Crippen molar-refractivity contribution in [3.8, 4) is 33.4 Å². The topological polar surface area (TPSA) is 3.24 Å². The lowest BCUT2D eigenvalue weighted by atomic mass is 9.84. The molecular formula is C64H39N. The molecule has 0 amide bonds. The lowest BCUT2D eigenvalue weighted by Crippen LogP contribution is -2.10. The van der Waals surface area contributed by atoms with Crippen molar-refractivity contribution >= 4 is 109 Å². The molecule has 15 rings (SSSR count). The van der Waals surface area contributed by atoms with Crippen LogP contribution in [0.1, 0.15) is 18.4 Å². The molecule has 65 heavy (non-hydrogen) atoms. The van der Waals surface area contributed by atoms with Crippen LogP contribution in [0.25, 0.3) is 125 Å². The molecule has 2 aliphatic rings. The lowest BCUT2D eigenvalue weighted by molar-refractivity contribution is 1.04. The first-order valence-electron chi connectivity index (χ1n) is 23.0. The van der Waals surface area contributed by atoms with E-state index < -0.39 is 0 Å². The Morgan fingerprint density at radius 3 is 1.51 bits per heavy atom. The molecule has 0 radical (unpaired) electrons. The fourth-order valence-corrected chi connectivity index (χ4v) is 12.2. The molecule has 1 heteroatoms. The van der Waals surface area contributed by atoms with Crippen LogP contribution >= 0.6 is 0 Å². The third kappa shape index (κ3) is 4.77. The summed E-state index contributed by atoms with van der Waals surface area (Å²) < 4.78 is 0. The highest BCUT2D eigenvalue weighted by atomic mass is 15.1. The van der Waals surface area contributed by atoms with E-state index >= 15 is 0 Å². The van der Waals surface area contributed by atoms with E-state index in [9.17, 15) is 0 Å². The molecule has 2 aliphatic carbocycles. The maximum Gasteiger partial charge on any atom is 0.0540 e. The van der Waals surface area contributed by atoms with E-state index in [0.29, 0.717) is 0 Å². The standard InChI is InChI=1S/C64H39N/c1-5-16-38(17-6-1)58-55-36-53-46-30-28-44-51-34-40-20-13-14-21-41(40)35-52(51)45-29-31-47(62(46)61(44)45)54(53)37-56(55)59(39-18-7-2-8-19-39)64-50-32-33-57(48-26-15-27-49(60(48)50)63(58)64)65(42-22-9-3-10-23-42)43-24-11-4-12-25-43/h1,3-7,9-37H,2,8H2. The van der Waals surface area contributed by atoms with Crippen molar-refractivity contribution in [2.24, 2.45) is 0 Å². The minimum Gasteiger partial charge on any atom is -0.310 e. The Morgan fingerprint density at radius 1 is 0.323 bits per heavy atom. The first-order chi connectivity index (χ1) is 32.3. The maximum absolute atomic E-state index is 2.57. The van der Waals surface area contributed by atoms with Crippen molar-refractivity contribution in [3.63, 3.8) is 0 Å². The van der Waals surface area contributed by atoms with Gasteiger partial charge in [0.05, 0.1) is 5.69 Å². The molecule has 300 valence electrons. The molecule has 0 N–H and O–H groups in total. The number of nitrogens with zero attached hydrogens (tertiary/aromatic N) is 1. The highest BCUT2D eigenvalue weighted by Gasteiger charge is 2.29. The monoisotopic (exact) mass is 821 g/mol. The van der Waals surface area contributed by atoms with Gasteiger partial charge in [0.25, 0.3) is 0 Å². The molecule has 0 spiro atoms. The first kappa shape index (κ1) is 35.2. The van der Waals surface area contributed by atoms with Gasteiger partial charge in [-0.25, -0.2) is 0 Å². The Labute approximate surface area is 376 Å². The largest absolute Gasteiger partial charge is 0.310 e. The molecule has 0 bridgehead atoms. The predicted molar refractivity (Wildman–Crippen MR) is 280 cm³/mol. The van der Waals surface area contributed by atoms with E-state index in [-0.39, 0.29) is 0 Å². The van der Waals surface area contributed by atoms with Crippen molar-refractivity contribution in [2.45, 2.75) is 12.8 Å². The number of para-hydroxylation sites is 2. The second kappa shape index (κ2) is 13.1. The van der Waals surface area contributed by atoms with Gasteiger partial charge in [-0.1, -0.05) is 158 Å². The van der Waals surface area contributed by atoms with E-state index in [1.54, 1.807) is 0 Å². The molecule has 13 aromatic carbocycles. The molecule has 0 aliphatic heterocycles. The number of fused-ring (bicyclic) bond motifs is 11. The van der Waals surface area contributed by atoms with Gasteiger partial charge in [-0.05, 0) is 193 Å². The second-order valence-electron chi connectivity index (χ2n) is 18.1. The van der Waals surface area contributed by atoms with Crippen molar-refractivity contribution < 1.29 is 0 Å². The highest BCUT2D eigenvalue weighted by molar-refractivity contribution is 6.42. The normalized spacial score (nSPS) is 13.4. The average Bonchev–Trinajstić information content (AvgIpc) is 3.99. The van der Waals surface area contributed by atoms with E-state index in [4.69, 9.17) is 0 Å². The van der Waals surface area contributed by atoms with Gasteiger partial charge in [-0.15, -0.1) is 0 Å². The summed E-state index contributed by atoms with van der Waals surface area (Å²) in [5.41, 5.74) is 14.1. The van der Waals surface area contributed by atoms with Crippen LogP contribution in [0.3, 0.4) is 0 Å². The third-order valence-electron chi connectivity index (χ3n) is 14.8. The zero-order valence-electron chi connectivity index (χ0n) is 35.6. The fourth-order valence-electron chi connectivity index (χ4n) is 12.2. The molecular weight excluding hydrogens is 783 g/mol. The third-order valence-corrected chi connectivity index (χ3v) is 14.8. The van der Waals surface area contributed by atoms with E-state index in [2.05, 4.69) is 217 Å². The summed E-state index contributed by atoms with van der Waals surface area (Å²) >= 11 is 0. The SMILES string of the molecule is C1=CC(c2c3cc4c(cc3c(-c3ccccc3)c3c5cccc6c(N(c7ccccc7)c7ccccc7)ccc(c23)c65)c2ccc3c5c(ccc4c52)-c2cc4ccccc4cc2-3)=CCC1. The number of rotatable bonds is 5. The predicted octanol–water partition coefficient (Wildman–Crippen LogP) is 18.3. The zero-order valence-corrected chi connectivity index (χ0v) is 35.6. The van der Waals surface area contributed by atoms with Gasteiger partial charge in [-0.3, -0.25) is 0 Å². The number of hydrogen-bond donors (Lipinski definition) is 0. The summed E-state index contributed by atoms with van der Waals surface area (Å²) in [6, 6.07) is 73.0. The smallest absolute Gasteiger partial charge is 0.0540 e. The number of anilines is 3. The molecule has 0 fully saturated rings. The molecule has 0 atom stereocenters. The van der Waals surface area contributed by atoms with Gasteiger partial charge in [0.15, 0.2) is 0 Å². The molecule has 0 saturated carbocycles. The van der Waals surface area contributed by atoms with Gasteiger partial charge < -0.3 is 4.90 Å². The van der Waals surface area contributed by atoms with Crippen LogP contribution < -0.4 is 4.90 Å². The van der Waals surface area contributed by atoms with Gasteiger partial charge in [0.2, 0.25) is 0 Å². The summed E-state index contributed by atoms with van der Waals surface area (Å²) in [6.45, 7) is 0. The molecule has 13 aromatic rings. The van der Waals surface area contributed by atoms with Crippen LogP contribution in [0.15, 0.2) is 212 Å². The zero-order chi connectivity index (χ0) is 42.3. The van der Waals surface area contributed by atoms with Crippen LogP contribution in [-0.4, -0.2) is 0 Å². The lowest BCUT2D eigenvalue weighted by Gasteiger charge is -2.27. The Morgan fingerprint density at radius 2 is 0.877 bits per heavy atom. The Bertz CT molecular complexity index is 4110. The van der Waals surface area contributed by atoms with Crippen molar-refractivity contribution in [1.82, 2.24) is 0 Å². The fraction of sp³-hybridized carbons (Fsp3) is 0.0312. The summed E-state index contributed by atoms with van der Waals surface area (Å²) in [6.07, 6.45) is 9.36. The van der Waals surface area contributed by atoms with Crippen molar-refractivity contribution in [3.05, 3.63) is 218 Å². The van der Waals surface area contributed by atoms with E-state index in [1.165, 1.54) is 136 Å². The van der Waals surface area contributed by atoms with Gasteiger partial charge >= 0.3 is 0 Å². The summed E-state index contributed by atoms with van der Waals surface area (Å²) in [5.74, 6) is 0. The van der Waals surface area contributed by atoms with Crippen LogP contribution in [0.2, 0.25) is 0 Å². The summed E-state index contributed by atoms with van der Waals surface area (Å²) in [7, 11) is 0. The Kier molecular flexibility index (Phi) is 7.12. The maximum atomic E-state index is 2.57. The van der Waals surface area contributed by atoms with Gasteiger partial charge in [0.1, 0.15) is 0 Å². The van der Waals surface area contributed by atoms with Gasteiger partial charge in [-0.2, -0.15) is 0 Å². The Hall–Kier alpha value is -8.26.